The summed E-state index contributed by atoms with van der Waals surface area (Å²) in [5, 5.41) is 0. The predicted molar refractivity (Wildman–Crippen MR) is 68.5 cm³/mol. The van der Waals surface area contributed by atoms with Gasteiger partial charge in [0.25, 0.3) is 5.79 Å². The van der Waals surface area contributed by atoms with Crippen molar-refractivity contribution in [2.45, 2.75) is 40.4 Å². The molecule has 0 bridgehead atoms. The molecule has 1 atom stereocenters. The average Bonchev–Trinajstić information content (AvgIpc) is 2.51. The molecule has 0 aromatic heterocycles. The Hall–Kier alpha value is -1.71. The average molecular weight is 252 g/mol. The van der Waals surface area contributed by atoms with Gasteiger partial charge in [0.1, 0.15) is 11.5 Å². The standard InChI is InChI=1S/C14H20O4/c1-8-10(3)14(6,17-11(8)4)18-12(5)9(2)13(15)16-7/h4H2,1-3,5-7H3/b12-9+. The SMILES string of the molecule is C=C1OC(C)(O/C(C)=C(\C)C(=O)OC)C(C)=C1C. The predicted octanol–water partition coefficient (Wildman–Crippen LogP) is 3.07. The van der Waals surface area contributed by atoms with Gasteiger partial charge in [0, 0.05) is 12.5 Å². The van der Waals surface area contributed by atoms with Crippen molar-refractivity contribution in [3.05, 3.63) is 34.8 Å². The van der Waals surface area contributed by atoms with Crippen LogP contribution >= 0.6 is 0 Å². The maximum absolute atomic E-state index is 11.4. The molecule has 100 valence electrons. The molecular weight excluding hydrogens is 232 g/mol. The second kappa shape index (κ2) is 4.88. The van der Waals surface area contributed by atoms with E-state index in [1.165, 1.54) is 7.11 Å². The van der Waals surface area contributed by atoms with Crippen LogP contribution in [0.25, 0.3) is 0 Å². The van der Waals surface area contributed by atoms with Crippen molar-refractivity contribution in [1.82, 2.24) is 0 Å². The molecule has 1 unspecified atom stereocenters. The highest BCUT2D eigenvalue weighted by atomic mass is 16.7. The lowest BCUT2D eigenvalue weighted by Crippen LogP contribution is -2.29. The van der Waals surface area contributed by atoms with Crippen LogP contribution in [0.2, 0.25) is 0 Å². The summed E-state index contributed by atoms with van der Waals surface area (Å²) in [6, 6.07) is 0. The maximum Gasteiger partial charge on any atom is 0.336 e. The van der Waals surface area contributed by atoms with Crippen LogP contribution in [-0.2, 0) is 19.0 Å². The summed E-state index contributed by atoms with van der Waals surface area (Å²) in [4.78, 5) is 11.4. The summed E-state index contributed by atoms with van der Waals surface area (Å²) < 4.78 is 16.1. The van der Waals surface area contributed by atoms with Gasteiger partial charge >= 0.3 is 5.97 Å². The van der Waals surface area contributed by atoms with Gasteiger partial charge in [-0.2, -0.15) is 0 Å². The van der Waals surface area contributed by atoms with Crippen LogP contribution in [0, 0.1) is 0 Å². The van der Waals surface area contributed by atoms with Crippen LogP contribution in [0.15, 0.2) is 34.8 Å². The first kappa shape index (κ1) is 14.4. The monoisotopic (exact) mass is 252 g/mol. The van der Waals surface area contributed by atoms with Crippen molar-refractivity contribution < 1.29 is 19.0 Å². The molecule has 4 nitrogen and oxygen atoms in total. The first-order chi connectivity index (χ1) is 8.23. The molecule has 18 heavy (non-hydrogen) atoms. The Kier molecular flexibility index (Phi) is 3.89. The Bertz CT molecular complexity index is 456. The van der Waals surface area contributed by atoms with Gasteiger partial charge in [0.15, 0.2) is 0 Å². The maximum atomic E-state index is 11.4. The van der Waals surface area contributed by atoms with Gasteiger partial charge in [-0.05, 0) is 33.3 Å². The lowest BCUT2D eigenvalue weighted by molar-refractivity contribution is -0.142. The summed E-state index contributed by atoms with van der Waals surface area (Å²) >= 11 is 0. The van der Waals surface area contributed by atoms with E-state index in [9.17, 15) is 4.79 Å². The molecule has 1 aliphatic rings. The van der Waals surface area contributed by atoms with E-state index in [1.807, 2.05) is 13.8 Å². The smallest absolute Gasteiger partial charge is 0.336 e. The zero-order chi connectivity index (χ0) is 14.1. The third-order valence-electron chi connectivity index (χ3n) is 3.35. The van der Waals surface area contributed by atoms with Gasteiger partial charge in [0.05, 0.1) is 12.7 Å². The highest BCUT2D eigenvalue weighted by Crippen LogP contribution is 2.39. The molecular formula is C14H20O4. The highest BCUT2D eigenvalue weighted by molar-refractivity contribution is 5.88. The van der Waals surface area contributed by atoms with Crippen LogP contribution < -0.4 is 0 Å². The fourth-order valence-corrected chi connectivity index (χ4v) is 1.70. The summed E-state index contributed by atoms with van der Waals surface area (Å²) in [6.07, 6.45) is 0. The van der Waals surface area contributed by atoms with Gasteiger partial charge in [-0.25, -0.2) is 4.79 Å². The van der Waals surface area contributed by atoms with E-state index in [-0.39, 0.29) is 0 Å². The molecule has 0 aliphatic carbocycles. The Balaban J connectivity index is 3.00. The van der Waals surface area contributed by atoms with E-state index in [4.69, 9.17) is 9.47 Å². The zero-order valence-electron chi connectivity index (χ0n) is 11.8. The molecule has 0 amide bonds. The minimum atomic E-state index is -0.902. The number of methoxy groups -OCH3 is 1. The summed E-state index contributed by atoms with van der Waals surface area (Å²) in [7, 11) is 1.34. The van der Waals surface area contributed by atoms with Crippen LogP contribution in [0.3, 0.4) is 0 Å². The lowest BCUT2D eigenvalue weighted by atomic mass is 10.1. The molecule has 0 aromatic carbocycles. The summed E-state index contributed by atoms with van der Waals surface area (Å²) in [5.41, 5.74) is 2.34. The highest BCUT2D eigenvalue weighted by Gasteiger charge is 2.39. The van der Waals surface area contributed by atoms with Crippen molar-refractivity contribution in [1.29, 1.82) is 0 Å². The van der Waals surface area contributed by atoms with Crippen molar-refractivity contribution in [3.8, 4) is 0 Å². The van der Waals surface area contributed by atoms with E-state index in [0.717, 1.165) is 11.1 Å². The Morgan fingerprint density at radius 3 is 2.28 bits per heavy atom. The molecule has 0 saturated carbocycles. The van der Waals surface area contributed by atoms with Gasteiger partial charge in [-0.1, -0.05) is 6.58 Å². The molecule has 0 fully saturated rings. The number of rotatable bonds is 3. The molecule has 1 heterocycles. The number of allylic oxidation sites excluding steroid dienone is 2. The number of esters is 1. The van der Waals surface area contributed by atoms with Gasteiger partial charge in [-0.3, -0.25) is 0 Å². The fraction of sp³-hybridized carbons (Fsp3) is 0.500. The van der Waals surface area contributed by atoms with Crippen LogP contribution in [0.5, 0.6) is 0 Å². The summed E-state index contributed by atoms with van der Waals surface area (Å²) in [6.45, 7) is 12.8. The van der Waals surface area contributed by atoms with Gasteiger partial charge in [0.2, 0.25) is 0 Å². The minimum absolute atomic E-state index is 0.411. The molecule has 0 radical (unpaired) electrons. The lowest BCUT2D eigenvalue weighted by Gasteiger charge is -2.28. The first-order valence-electron chi connectivity index (χ1n) is 5.74. The largest absolute Gasteiger partial charge is 0.466 e. The zero-order valence-corrected chi connectivity index (χ0v) is 11.8. The molecule has 0 N–H and O–H groups in total. The summed E-state index contributed by atoms with van der Waals surface area (Å²) in [5.74, 6) is -0.239. The molecule has 1 aliphatic heterocycles. The molecule has 0 saturated heterocycles. The molecule has 1 rings (SSSR count). The Morgan fingerprint density at radius 2 is 1.89 bits per heavy atom. The molecule has 4 heteroatoms. The Morgan fingerprint density at radius 1 is 1.33 bits per heavy atom. The normalized spacial score (nSPS) is 24.7. The van der Waals surface area contributed by atoms with E-state index in [1.54, 1.807) is 20.8 Å². The number of hydrogen-bond donors (Lipinski definition) is 0. The minimum Gasteiger partial charge on any atom is -0.466 e. The molecule has 0 spiro atoms. The van der Waals surface area contributed by atoms with Crippen LogP contribution in [0.1, 0.15) is 34.6 Å². The second-order valence-corrected chi connectivity index (χ2v) is 4.50. The van der Waals surface area contributed by atoms with Gasteiger partial charge in [-0.15, -0.1) is 0 Å². The molecule has 0 aromatic rings. The topological polar surface area (TPSA) is 44.8 Å². The first-order valence-corrected chi connectivity index (χ1v) is 5.74. The van der Waals surface area contributed by atoms with E-state index in [0.29, 0.717) is 17.1 Å². The Labute approximate surface area is 108 Å². The second-order valence-electron chi connectivity index (χ2n) is 4.50. The van der Waals surface area contributed by atoms with Gasteiger partial charge < -0.3 is 14.2 Å². The number of hydrogen-bond acceptors (Lipinski definition) is 4. The fourth-order valence-electron chi connectivity index (χ4n) is 1.70. The number of carbonyl (C=O) groups excluding carboxylic acids is 1. The van der Waals surface area contributed by atoms with Crippen molar-refractivity contribution in [2.24, 2.45) is 0 Å². The van der Waals surface area contributed by atoms with Crippen LogP contribution in [0.4, 0.5) is 0 Å². The van der Waals surface area contributed by atoms with E-state index >= 15 is 0 Å². The van der Waals surface area contributed by atoms with Crippen molar-refractivity contribution >= 4 is 5.97 Å². The quantitative estimate of drug-likeness (QED) is 0.440. The van der Waals surface area contributed by atoms with Crippen LogP contribution in [-0.4, -0.2) is 18.9 Å². The number of carbonyl (C=O) groups is 1. The van der Waals surface area contributed by atoms with E-state index < -0.39 is 11.8 Å². The van der Waals surface area contributed by atoms with Crippen molar-refractivity contribution in [2.75, 3.05) is 7.11 Å². The number of ether oxygens (including phenoxy) is 3. The third kappa shape index (κ3) is 2.42. The van der Waals surface area contributed by atoms with Crippen molar-refractivity contribution in [3.63, 3.8) is 0 Å². The third-order valence-corrected chi connectivity index (χ3v) is 3.35. The van der Waals surface area contributed by atoms with E-state index in [2.05, 4.69) is 11.3 Å².